The molecule has 0 saturated heterocycles. The molecule has 4 heteroatoms. The molecule has 3 nitrogen and oxygen atoms in total. The minimum absolute atomic E-state index is 1.09. The molecule has 3 aromatic heterocycles. The van der Waals surface area contributed by atoms with Gasteiger partial charge in [0.15, 0.2) is 0 Å². The Morgan fingerprint density at radius 3 is 1.73 bits per heavy atom. The lowest BCUT2D eigenvalue weighted by Gasteiger charge is -2.27. The van der Waals surface area contributed by atoms with E-state index < -0.39 is 0 Å². The molecule has 0 fully saturated rings. The predicted octanol–water partition coefficient (Wildman–Crippen LogP) is 17.7. The van der Waals surface area contributed by atoms with Gasteiger partial charge in [-0.25, -0.2) is 0 Å². The SMILES string of the molecule is c1ccc(-n2c3ccccc3c3ccc(N(c4cccc(-c5ccc6c(c5)c5cc7ccc8sc9ccccc9c8c7cc5n6-c5ccccc5)c4)c4ccc5ccccc5c4)cc32)cc1. The number of thiophene rings is 1. The summed E-state index contributed by atoms with van der Waals surface area (Å²) < 4.78 is 7.50. The second-order valence-electron chi connectivity index (χ2n) is 17.3. The standard InChI is InChI=1S/C62H39N3S/c1-3-17-45(18-4-1)64-56-24-11-9-22-50(56)51-31-30-49(38-58(51)64)63(48-29-26-40-14-7-8-15-41(40)34-48)47-21-13-16-42(35-47)43-27-32-57-54(36-43)55-37-44-28-33-61-62(52-23-10-12-25-60(52)66-61)53(44)39-59(55)65(57)46-19-5-2-6-20-46/h1-39H. The number of anilines is 3. The maximum Gasteiger partial charge on any atom is 0.0561 e. The van der Waals surface area contributed by atoms with E-state index in [1.807, 2.05) is 11.3 Å². The van der Waals surface area contributed by atoms with Crippen LogP contribution in [0.2, 0.25) is 0 Å². The molecule has 0 saturated carbocycles. The van der Waals surface area contributed by atoms with Crippen molar-refractivity contribution in [2.45, 2.75) is 0 Å². The molecule has 0 aliphatic rings. The zero-order chi connectivity index (χ0) is 43.3. The van der Waals surface area contributed by atoms with E-state index in [-0.39, 0.29) is 0 Å². The van der Waals surface area contributed by atoms with Gasteiger partial charge in [0.05, 0.1) is 22.1 Å². The largest absolute Gasteiger partial charge is 0.310 e. The lowest BCUT2D eigenvalue weighted by atomic mass is 9.99. The van der Waals surface area contributed by atoms with Crippen molar-refractivity contribution >= 4 is 114 Å². The molecule has 11 aromatic carbocycles. The van der Waals surface area contributed by atoms with Gasteiger partial charge in [0, 0.05) is 70.2 Å². The van der Waals surface area contributed by atoms with E-state index in [0.717, 1.165) is 34.0 Å². The van der Waals surface area contributed by atoms with Crippen LogP contribution in [0.4, 0.5) is 17.1 Å². The number of rotatable bonds is 6. The minimum atomic E-state index is 1.09. The number of nitrogens with zero attached hydrogens (tertiary/aromatic N) is 3. The molecule has 308 valence electrons. The Balaban J connectivity index is 0.970. The van der Waals surface area contributed by atoms with Gasteiger partial charge in [-0.05, 0) is 136 Å². The van der Waals surface area contributed by atoms with Crippen molar-refractivity contribution in [1.29, 1.82) is 0 Å². The molecular weight excluding hydrogens is 819 g/mol. The van der Waals surface area contributed by atoms with E-state index >= 15 is 0 Å². The van der Waals surface area contributed by atoms with Crippen LogP contribution in [0.3, 0.4) is 0 Å². The summed E-state index contributed by atoms with van der Waals surface area (Å²) >= 11 is 1.88. The normalized spacial score (nSPS) is 11.9. The molecule has 66 heavy (non-hydrogen) atoms. The highest BCUT2D eigenvalue weighted by Gasteiger charge is 2.20. The van der Waals surface area contributed by atoms with Gasteiger partial charge in [0.25, 0.3) is 0 Å². The third-order valence-corrected chi connectivity index (χ3v) is 14.8. The Hall–Kier alpha value is -8.44. The van der Waals surface area contributed by atoms with Crippen LogP contribution in [0.5, 0.6) is 0 Å². The van der Waals surface area contributed by atoms with Crippen molar-refractivity contribution in [3.63, 3.8) is 0 Å². The van der Waals surface area contributed by atoms with Gasteiger partial charge in [0.2, 0.25) is 0 Å². The van der Waals surface area contributed by atoms with Crippen LogP contribution >= 0.6 is 11.3 Å². The van der Waals surface area contributed by atoms with Crippen molar-refractivity contribution in [1.82, 2.24) is 9.13 Å². The Bertz CT molecular complexity index is 4230. The Morgan fingerprint density at radius 1 is 0.288 bits per heavy atom. The van der Waals surface area contributed by atoms with Gasteiger partial charge in [-0.2, -0.15) is 0 Å². The lowest BCUT2D eigenvalue weighted by Crippen LogP contribution is -2.10. The number of hydrogen-bond donors (Lipinski definition) is 0. The van der Waals surface area contributed by atoms with E-state index in [1.54, 1.807) is 0 Å². The van der Waals surface area contributed by atoms with Crippen LogP contribution in [0.1, 0.15) is 0 Å². The summed E-state index contributed by atoms with van der Waals surface area (Å²) in [6.07, 6.45) is 0. The average molecular weight is 858 g/mol. The molecule has 0 atom stereocenters. The average Bonchev–Trinajstić information content (AvgIpc) is 4.03. The summed E-state index contributed by atoms with van der Waals surface area (Å²) in [6.45, 7) is 0. The second kappa shape index (κ2) is 14.5. The Kier molecular flexibility index (Phi) is 8.15. The molecule has 0 bridgehead atoms. The highest BCUT2D eigenvalue weighted by Crippen LogP contribution is 2.45. The third-order valence-electron chi connectivity index (χ3n) is 13.6. The zero-order valence-electron chi connectivity index (χ0n) is 35.8. The highest BCUT2D eigenvalue weighted by atomic mass is 32.1. The first kappa shape index (κ1) is 37.0. The quantitative estimate of drug-likeness (QED) is 0.162. The van der Waals surface area contributed by atoms with Gasteiger partial charge < -0.3 is 14.0 Å². The number of aromatic nitrogens is 2. The summed E-state index contributed by atoms with van der Waals surface area (Å²) in [4.78, 5) is 2.42. The summed E-state index contributed by atoms with van der Waals surface area (Å²) in [6, 6.07) is 87.1. The maximum atomic E-state index is 2.45. The smallest absolute Gasteiger partial charge is 0.0561 e. The molecule has 0 aliphatic heterocycles. The number of para-hydroxylation sites is 3. The molecule has 14 aromatic rings. The van der Waals surface area contributed by atoms with Crippen LogP contribution in [0.15, 0.2) is 237 Å². The van der Waals surface area contributed by atoms with Gasteiger partial charge in [-0.3, -0.25) is 0 Å². The topological polar surface area (TPSA) is 13.1 Å². The van der Waals surface area contributed by atoms with Gasteiger partial charge in [0.1, 0.15) is 0 Å². The Morgan fingerprint density at radius 2 is 0.894 bits per heavy atom. The predicted molar refractivity (Wildman–Crippen MR) is 283 cm³/mol. The number of benzene rings is 11. The molecule has 0 unspecified atom stereocenters. The van der Waals surface area contributed by atoms with E-state index in [4.69, 9.17) is 0 Å². The van der Waals surface area contributed by atoms with Crippen LogP contribution in [0, 0.1) is 0 Å². The fraction of sp³-hybridized carbons (Fsp3) is 0. The first-order valence-electron chi connectivity index (χ1n) is 22.6. The zero-order valence-corrected chi connectivity index (χ0v) is 36.6. The minimum Gasteiger partial charge on any atom is -0.310 e. The van der Waals surface area contributed by atoms with Crippen molar-refractivity contribution in [2.24, 2.45) is 0 Å². The molecule has 0 amide bonds. The molecule has 0 spiro atoms. The van der Waals surface area contributed by atoms with Crippen LogP contribution < -0.4 is 4.90 Å². The molecule has 14 rings (SSSR count). The van der Waals surface area contributed by atoms with Crippen molar-refractivity contribution in [2.75, 3.05) is 4.90 Å². The van der Waals surface area contributed by atoms with Crippen LogP contribution in [0.25, 0.3) is 108 Å². The fourth-order valence-corrected chi connectivity index (χ4v) is 11.8. The fourth-order valence-electron chi connectivity index (χ4n) is 10.6. The van der Waals surface area contributed by atoms with E-state index in [2.05, 4.69) is 251 Å². The van der Waals surface area contributed by atoms with Gasteiger partial charge >= 0.3 is 0 Å². The second-order valence-corrected chi connectivity index (χ2v) is 18.4. The molecule has 0 N–H and O–H groups in total. The van der Waals surface area contributed by atoms with Crippen LogP contribution in [-0.2, 0) is 0 Å². The van der Waals surface area contributed by atoms with Crippen molar-refractivity contribution in [3.05, 3.63) is 237 Å². The summed E-state index contributed by atoms with van der Waals surface area (Å²) in [7, 11) is 0. The van der Waals surface area contributed by atoms with Crippen molar-refractivity contribution in [3.8, 4) is 22.5 Å². The Labute approximate surface area is 384 Å². The molecule has 0 radical (unpaired) electrons. The van der Waals surface area contributed by atoms with Crippen molar-refractivity contribution < 1.29 is 0 Å². The van der Waals surface area contributed by atoms with E-state index in [1.165, 1.54) is 90.9 Å². The molecule has 3 heterocycles. The third kappa shape index (κ3) is 5.69. The lowest BCUT2D eigenvalue weighted by molar-refractivity contribution is 1.18. The summed E-state index contributed by atoms with van der Waals surface area (Å²) in [5, 5.41) is 12.6. The van der Waals surface area contributed by atoms with Gasteiger partial charge in [-0.15, -0.1) is 11.3 Å². The first-order chi connectivity index (χ1) is 32.7. The first-order valence-corrected chi connectivity index (χ1v) is 23.4. The monoisotopic (exact) mass is 857 g/mol. The van der Waals surface area contributed by atoms with E-state index in [0.29, 0.717) is 0 Å². The molecular formula is C62H39N3S. The highest BCUT2D eigenvalue weighted by molar-refractivity contribution is 7.26. The number of hydrogen-bond acceptors (Lipinski definition) is 2. The van der Waals surface area contributed by atoms with E-state index in [9.17, 15) is 0 Å². The summed E-state index contributed by atoms with van der Waals surface area (Å²) in [5.74, 6) is 0. The molecule has 0 aliphatic carbocycles. The number of fused-ring (bicyclic) bond motifs is 12. The van der Waals surface area contributed by atoms with Gasteiger partial charge in [-0.1, -0.05) is 133 Å². The maximum absolute atomic E-state index is 2.45. The summed E-state index contributed by atoms with van der Waals surface area (Å²) in [5.41, 5.74) is 12.7. The van der Waals surface area contributed by atoms with Crippen LogP contribution in [-0.4, -0.2) is 9.13 Å².